The van der Waals surface area contributed by atoms with Crippen LogP contribution in [0.3, 0.4) is 0 Å². The summed E-state index contributed by atoms with van der Waals surface area (Å²) in [6, 6.07) is 0.497. The SMILES string of the molecule is CC(C)OCC(F)(F)CN1CCN(C(C)C)CC1. The van der Waals surface area contributed by atoms with Crippen LogP contribution in [0.2, 0.25) is 0 Å². The van der Waals surface area contributed by atoms with Crippen LogP contribution in [-0.4, -0.2) is 67.2 Å². The summed E-state index contributed by atoms with van der Waals surface area (Å²) < 4.78 is 32.3. The van der Waals surface area contributed by atoms with Crippen molar-refractivity contribution in [3.8, 4) is 0 Å². The van der Waals surface area contributed by atoms with Gasteiger partial charge in [-0.25, -0.2) is 8.78 Å². The van der Waals surface area contributed by atoms with Crippen LogP contribution < -0.4 is 0 Å². The van der Waals surface area contributed by atoms with Gasteiger partial charge in [0.25, 0.3) is 5.92 Å². The van der Waals surface area contributed by atoms with E-state index in [1.54, 1.807) is 13.8 Å². The zero-order valence-corrected chi connectivity index (χ0v) is 12.0. The van der Waals surface area contributed by atoms with Crippen molar-refractivity contribution < 1.29 is 13.5 Å². The van der Waals surface area contributed by atoms with Gasteiger partial charge >= 0.3 is 0 Å². The summed E-state index contributed by atoms with van der Waals surface area (Å²) in [5, 5.41) is 0. The average Bonchev–Trinajstić information content (AvgIpc) is 2.27. The van der Waals surface area contributed by atoms with E-state index in [9.17, 15) is 8.78 Å². The van der Waals surface area contributed by atoms with Crippen molar-refractivity contribution in [2.24, 2.45) is 0 Å². The Balaban J connectivity index is 2.31. The molecule has 3 nitrogen and oxygen atoms in total. The Hall–Kier alpha value is -0.260. The van der Waals surface area contributed by atoms with Gasteiger partial charge in [0, 0.05) is 32.2 Å². The van der Waals surface area contributed by atoms with E-state index in [1.165, 1.54) is 0 Å². The fourth-order valence-electron chi connectivity index (χ4n) is 2.10. The highest BCUT2D eigenvalue weighted by molar-refractivity contribution is 4.79. The third-order valence-corrected chi connectivity index (χ3v) is 3.22. The molecule has 0 unspecified atom stereocenters. The van der Waals surface area contributed by atoms with E-state index in [2.05, 4.69) is 18.7 Å². The first-order valence-electron chi connectivity index (χ1n) is 6.76. The summed E-state index contributed by atoms with van der Waals surface area (Å²) in [5.41, 5.74) is 0. The number of hydrogen-bond donors (Lipinski definition) is 0. The molecule has 0 aromatic rings. The van der Waals surface area contributed by atoms with Gasteiger partial charge in [-0.15, -0.1) is 0 Å². The maximum atomic E-state index is 13.6. The molecule has 0 aromatic carbocycles. The number of halogens is 2. The smallest absolute Gasteiger partial charge is 0.283 e. The summed E-state index contributed by atoms with van der Waals surface area (Å²) >= 11 is 0. The highest BCUT2D eigenvalue weighted by Gasteiger charge is 2.33. The van der Waals surface area contributed by atoms with E-state index in [4.69, 9.17) is 4.74 Å². The summed E-state index contributed by atoms with van der Waals surface area (Å²) in [7, 11) is 0. The number of nitrogens with zero attached hydrogens (tertiary/aromatic N) is 2. The van der Waals surface area contributed by atoms with E-state index in [-0.39, 0.29) is 12.6 Å². The largest absolute Gasteiger partial charge is 0.372 e. The lowest BCUT2D eigenvalue weighted by Crippen LogP contribution is -2.52. The van der Waals surface area contributed by atoms with Crippen LogP contribution in [0, 0.1) is 0 Å². The zero-order valence-electron chi connectivity index (χ0n) is 12.0. The Kier molecular flexibility index (Phi) is 5.95. The third-order valence-electron chi connectivity index (χ3n) is 3.22. The second-order valence-electron chi connectivity index (χ2n) is 5.62. The van der Waals surface area contributed by atoms with Gasteiger partial charge in [0.15, 0.2) is 0 Å². The first-order chi connectivity index (χ1) is 8.30. The minimum Gasteiger partial charge on any atom is -0.372 e. The third kappa shape index (κ3) is 5.59. The molecule has 1 fully saturated rings. The quantitative estimate of drug-likeness (QED) is 0.730. The maximum Gasteiger partial charge on any atom is 0.283 e. The molecule has 108 valence electrons. The van der Waals surface area contributed by atoms with Crippen molar-refractivity contribution in [3.05, 3.63) is 0 Å². The van der Waals surface area contributed by atoms with Crippen molar-refractivity contribution in [2.45, 2.75) is 45.8 Å². The normalized spacial score (nSPS) is 20.0. The summed E-state index contributed by atoms with van der Waals surface area (Å²) in [5.74, 6) is -2.75. The number of ether oxygens (including phenoxy) is 1. The standard InChI is InChI=1S/C13H26F2N2O/c1-11(2)17-7-5-16(6-8-17)9-13(14,15)10-18-12(3)4/h11-12H,5-10H2,1-4H3. The molecule has 0 aromatic heterocycles. The van der Waals surface area contributed by atoms with E-state index in [0.717, 1.165) is 26.2 Å². The van der Waals surface area contributed by atoms with E-state index in [0.29, 0.717) is 6.04 Å². The Morgan fingerprint density at radius 2 is 1.61 bits per heavy atom. The summed E-state index contributed by atoms with van der Waals surface area (Å²) in [6.45, 7) is 10.3. The molecule has 0 radical (unpaired) electrons. The maximum absolute atomic E-state index is 13.6. The van der Waals surface area contributed by atoms with Crippen LogP contribution in [0.4, 0.5) is 8.78 Å². The highest BCUT2D eigenvalue weighted by Crippen LogP contribution is 2.18. The van der Waals surface area contributed by atoms with Crippen molar-refractivity contribution in [3.63, 3.8) is 0 Å². The molecule has 0 bridgehead atoms. The predicted octanol–water partition coefficient (Wildman–Crippen LogP) is 2.07. The molecular weight excluding hydrogens is 238 g/mol. The van der Waals surface area contributed by atoms with Gasteiger partial charge in [-0.1, -0.05) is 0 Å². The fourth-order valence-corrected chi connectivity index (χ4v) is 2.10. The lowest BCUT2D eigenvalue weighted by molar-refractivity contribution is -0.111. The lowest BCUT2D eigenvalue weighted by Gasteiger charge is -2.38. The monoisotopic (exact) mass is 264 g/mol. The van der Waals surface area contributed by atoms with Gasteiger partial charge in [0.1, 0.15) is 6.61 Å². The molecule has 1 heterocycles. The van der Waals surface area contributed by atoms with Gasteiger partial charge in [0.05, 0.1) is 12.6 Å². The topological polar surface area (TPSA) is 15.7 Å². The van der Waals surface area contributed by atoms with Crippen molar-refractivity contribution in [1.82, 2.24) is 9.80 Å². The van der Waals surface area contributed by atoms with Crippen LogP contribution in [0.5, 0.6) is 0 Å². The lowest BCUT2D eigenvalue weighted by atomic mass is 10.2. The van der Waals surface area contributed by atoms with Gasteiger partial charge in [-0.2, -0.15) is 0 Å². The zero-order chi connectivity index (χ0) is 13.8. The van der Waals surface area contributed by atoms with Crippen LogP contribution in [0.15, 0.2) is 0 Å². The van der Waals surface area contributed by atoms with Gasteiger partial charge < -0.3 is 4.74 Å². The predicted molar refractivity (Wildman–Crippen MR) is 69.2 cm³/mol. The van der Waals surface area contributed by atoms with Crippen molar-refractivity contribution in [1.29, 1.82) is 0 Å². The second kappa shape index (κ2) is 6.78. The van der Waals surface area contributed by atoms with E-state index in [1.807, 2.05) is 4.90 Å². The summed E-state index contributed by atoms with van der Waals surface area (Å²) in [6.07, 6.45) is -0.145. The Morgan fingerprint density at radius 3 is 2.06 bits per heavy atom. The van der Waals surface area contributed by atoms with Crippen LogP contribution in [0.1, 0.15) is 27.7 Å². The molecule has 18 heavy (non-hydrogen) atoms. The molecule has 0 atom stereocenters. The number of rotatable bonds is 6. The molecule has 0 aliphatic carbocycles. The van der Waals surface area contributed by atoms with E-state index >= 15 is 0 Å². The minimum absolute atomic E-state index is 0.145. The number of piperazine rings is 1. The molecular formula is C13H26F2N2O. The van der Waals surface area contributed by atoms with Gasteiger partial charge in [-0.3, -0.25) is 9.80 Å². The molecule has 0 spiro atoms. The fraction of sp³-hybridized carbons (Fsp3) is 1.00. The van der Waals surface area contributed by atoms with Crippen LogP contribution in [0.25, 0.3) is 0 Å². The number of hydrogen-bond acceptors (Lipinski definition) is 3. The van der Waals surface area contributed by atoms with Gasteiger partial charge in [0.2, 0.25) is 0 Å². The molecule has 0 amide bonds. The first-order valence-corrected chi connectivity index (χ1v) is 6.76. The second-order valence-corrected chi connectivity index (χ2v) is 5.62. The van der Waals surface area contributed by atoms with E-state index < -0.39 is 12.5 Å². The molecule has 0 saturated carbocycles. The Labute approximate surface area is 109 Å². The Morgan fingerprint density at radius 1 is 1.06 bits per heavy atom. The first kappa shape index (κ1) is 15.8. The minimum atomic E-state index is -2.75. The van der Waals surface area contributed by atoms with Crippen molar-refractivity contribution in [2.75, 3.05) is 39.3 Å². The highest BCUT2D eigenvalue weighted by atomic mass is 19.3. The molecule has 1 rings (SSSR count). The average molecular weight is 264 g/mol. The molecule has 1 aliphatic heterocycles. The Bertz CT molecular complexity index is 239. The van der Waals surface area contributed by atoms with Crippen LogP contribution in [-0.2, 0) is 4.74 Å². The van der Waals surface area contributed by atoms with Gasteiger partial charge in [-0.05, 0) is 27.7 Å². The van der Waals surface area contributed by atoms with Crippen LogP contribution >= 0.6 is 0 Å². The molecule has 5 heteroatoms. The molecule has 0 N–H and O–H groups in total. The van der Waals surface area contributed by atoms with Crippen molar-refractivity contribution >= 4 is 0 Å². The number of alkyl halides is 2. The molecule has 1 saturated heterocycles. The molecule has 1 aliphatic rings. The summed E-state index contributed by atoms with van der Waals surface area (Å²) in [4.78, 5) is 4.15.